The molecule has 126 valence electrons. The fraction of sp³-hybridized carbons (Fsp3) is 0.389. The zero-order chi connectivity index (χ0) is 16.8. The van der Waals surface area contributed by atoms with Gasteiger partial charge in [-0.3, -0.25) is 9.59 Å². The van der Waals surface area contributed by atoms with Crippen molar-refractivity contribution in [2.24, 2.45) is 0 Å². The minimum atomic E-state index is -0.351. The standard InChI is InChI=1S/C18H21N3O3/c22-17(21-11-5-2-6-12-21)9-10-19-18(23)16-13-15(20-24-16)14-7-3-1-4-8-14/h1,3-4,7-8,13H,2,5-6,9-12H2,(H,19,23). The second-order valence-corrected chi connectivity index (χ2v) is 5.89. The number of hydrogen-bond acceptors (Lipinski definition) is 4. The van der Waals surface area contributed by atoms with Crippen LogP contribution in [0.4, 0.5) is 0 Å². The van der Waals surface area contributed by atoms with E-state index >= 15 is 0 Å². The van der Waals surface area contributed by atoms with E-state index in [-0.39, 0.29) is 17.6 Å². The second-order valence-electron chi connectivity index (χ2n) is 5.89. The van der Waals surface area contributed by atoms with Gasteiger partial charge in [-0.05, 0) is 19.3 Å². The number of carbonyl (C=O) groups is 2. The number of amides is 2. The minimum absolute atomic E-state index is 0.0949. The molecule has 0 unspecified atom stereocenters. The van der Waals surface area contributed by atoms with Crippen molar-refractivity contribution < 1.29 is 14.1 Å². The minimum Gasteiger partial charge on any atom is -0.350 e. The largest absolute Gasteiger partial charge is 0.350 e. The Bertz CT molecular complexity index is 691. The molecule has 1 fully saturated rings. The summed E-state index contributed by atoms with van der Waals surface area (Å²) in [5.41, 5.74) is 1.51. The van der Waals surface area contributed by atoms with Gasteiger partial charge >= 0.3 is 0 Å². The summed E-state index contributed by atoms with van der Waals surface area (Å²) in [5.74, 6) is -0.104. The van der Waals surface area contributed by atoms with Crippen molar-refractivity contribution in [3.05, 3.63) is 42.2 Å². The Hall–Kier alpha value is -2.63. The molecular weight excluding hydrogens is 306 g/mol. The van der Waals surface area contributed by atoms with Gasteiger partial charge in [-0.1, -0.05) is 35.5 Å². The van der Waals surface area contributed by atoms with Gasteiger partial charge < -0.3 is 14.7 Å². The highest BCUT2D eigenvalue weighted by Gasteiger charge is 2.17. The van der Waals surface area contributed by atoms with Crippen molar-refractivity contribution in [1.29, 1.82) is 0 Å². The number of rotatable bonds is 5. The Kier molecular flexibility index (Phi) is 5.25. The van der Waals surface area contributed by atoms with E-state index in [1.807, 2.05) is 35.2 Å². The summed E-state index contributed by atoms with van der Waals surface area (Å²) in [7, 11) is 0. The molecule has 2 heterocycles. The number of nitrogens with zero attached hydrogens (tertiary/aromatic N) is 2. The van der Waals surface area contributed by atoms with E-state index in [1.54, 1.807) is 6.07 Å². The molecule has 2 amide bonds. The van der Waals surface area contributed by atoms with Gasteiger partial charge in [0.15, 0.2) is 0 Å². The van der Waals surface area contributed by atoms with E-state index in [4.69, 9.17) is 4.52 Å². The second kappa shape index (κ2) is 7.77. The first-order valence-electron chi connectivity index (χ1n) is 8.32. The predicted octanol–water partition coefficient (Wildman–Crippen LogP) is 2.47. The number of hydrogen-bond donors (Lipinski definition) is 1. The van der Waals surface area contributed by atoms with Crippen LogP contribution in [0.5, 0.6) is 0 Å². The molecule has 0 radical (unpaired) electrons. The van der Waals surface area contributed by atoms with Gasteiger partial charge in [0.25, 0.3) is 5.91 Å². The van der Waals surface area contributed by atoms with Crippen LogP contribution in [0.3, 0.4) is 0 Å². The van der Waals surface area contributed by atoms with Gasteiger partial charge in [0.2, 0.25) is 11.7 Å². The van der Waals surface area contributed by atoms with Crippen molar-refractivity contribution in [2.45, 2.75) is 25.7 Å². The molecule has 1 N–H and O–H groups in total. The summed E-state index contributed by atoms with van der Waals surface area (Å²) in [5, 5.41) is 6.63. The van der Waals surface area contributed by atoms with Crippen LogP contribution in [0, 0.1) is 0 Å². The van der Waals surface area contributed by atoms with E-state index in [0.717, 1.165) is 31.5 Å². The first-order valence-corrected chi connectivity index (χ1v) is 8.32. The molecular formula is C18H21N3O3. The number of likely N-dealkylation sites (tertiary alicyclic amines) is 1. The summed E-state index contributed by atoms with van der Waals surface area (Å²) in [6.07, 6.45) is 3.64. The lowest BCUT2D eigenvalue weighted by Crippen LogP contribution is -2.37. The van der Waals surface area contributed by atoms with Crippen molar-refractivity contribution in [1.82, 2.24) is 15.4 Å². The van der Waals surface area contributed by atoms with Crippen molar-refractivity contribution >= 4 is 11.8 Å². The van der Waals surface area contributed by atoms with Gasteiger partial charge in [-0.2, -0.15) is 0 Å². The molecule has 2 aromatic rings. The Balaban J connectivity index is 1.49. The third-order valence-corrected chi connectivity index (χ3v) is 4.14. The van der Waals surface area contributed by atoms with E-state index in [1.165, 1.54) is 6.42 Å². The SMILES string of the molecule is O=C(NCCC(=O)N1CCCCC1)c1cc(-c2ccccc2)no1. The molecule has 24 heavy (non-hydrogen) atoms. The van der Waals surface area contributed by atoms with Crippen LogP contribution in [0.1, 0.15) is 36.2 Å². The summed E-state index contributed by atoms with van der Waals surface area (Å²) in [6.45, 7) is 1.96. The lowest BCUT2D eigenvalue weighted by Gasteiger charge is -2.26. The molecule has 0 bridgehead atoms. The molecule has 0 spiro atoms. The maximum atomic E-state index is 12.1. The molecule has 0 atom stereocenters. The van der Waals surface area contributed by atoms with E-state index in [9.17, 15) is 9.59 Å². The van der Waals surface area contributed by atoms with Crippen molar-refractivity contribution in [2.75, 3.05) is 19.6 Å². The van der Waals surface area contributed by atoms with Crippen LogP contribution in [0.25, 0.3) is 11.3 Å². The normalized spacial score (nSPS) is 14.4. The highest BCUT2D eigenvalue weighted by Crippen LogP contribution is 2.18. The van der Waals surface area contributed by atoms with E-state index in [0.29, 0.717) is 18.7 Å². The summed E-state index contributed by atoms with van der Waals surface area (Å²) >= 11 is 0. The maximum absolute atomic E-state index is 12.1. The number of aromatic nitrogens is 1. The zero-order valence-electron chi connectivity index (χ0n) is 13.5. The monoisotopic (exact) mass is 327 g/mol. The smallest absolute Gasteiger partial charge is 0.289 e. The lowest BCUT2D eigenvalue weighted by atomic mass is 10.1. The van der Waals surface area contributed by atoms with Crippen molar-refractivity contribution in [3.8, 4) is 11.3 Å². The van der Waals surface area contributed by atoms with E-state index in [2.05, 4.69) is 10.5 Å². The molecule has 1 aliphatic rings. The van der Waals surface area contributed by atoms with Crippen molar-refractivity contribution in [3.63, 3.8) is 0 Å². The number of benzene rings is 1. The third kappa shape index (κ3) is 4.01. The number of piperidine rings is 1. The van der Waals surface area contributed by atoms with Crippen LogP contribution < -0.4 is 5.32 Å². The molecule has 1 saturated heterocycles. The third-order valence-electron chi connectivity index (χ3n) is 4.14. The highest BCUT2D eigenvalue weighted by atomic mass is 16.5. The molecule has 6 nitrogen and oxygen atoms in total. The van der Waals surface area contributed by atoms with Crippen LogP contribution in [0.15, 0.2) is 40.9 Å². The number of nitrogens with one attached hydrogen (secondary N) is 1. The Morgan fingerprint density at radius 2 is 1.88 bits per heavy atom. The van der Waals surface area contributed by atoms with Crippen LogP contribution in [-0.2, 0) is 4.79 Å². The average Bonchev–Trinajstić information content (AvgIpc) is 3.13. The van der Waals surface area contributed by atoms with Gasteiger partial charge in [0.1, 0.15) is 5.69 Å². The molecule has 1 aromatic carbocycles. The number of carbonyl (C=O) groups excluding carboxylic acids is 2. The molecule has 0 saturated carbocycles. The topological polar surface area (TPSA) is 75.4 Å². The Morgan fingerprint density at radius 1 is 1.12 bits per heavy atom. The summed E-state index contributed by atoms with van der Waals surface area (Å²) < 4.78 is 5.10. The lowest BCUT2D eigenvalue weighted by molar-refractivity contribution is -0.131. The average molecular weight is 327 g/mol. The summed E-state index contributed by atoms with van der Waals surface area (Å²) in [4.78, 5) is 26.0. The van der Waals surface area contributed by atoms with Crippen LogP contribution in [-0.4, -0.2) is 41.5 Å². The molecule has 6 heteroatoms. The fourth-order valence-corrected chi connectivity index (χ4v) is 2.80. The molecule has 1 aromatic heterocycles. The first-order chi connectivity index (χ1) is 11.7. The Labute approximate surface area is 140 Å². The fourth-order valence-electron chi connectivity index (χ4n) is 2.80. The first kappa shape index (κ1) is 16.2. The summed E-state index contributed by atoms with van der Waals surface area (Å²) in [6, 6.07) is 11.1. The highest BCUT2D eigenvalue weighted by molar-refractivity contribution is 5.92. The Morgan fingerprint density at radius 3 is 2.62 bits per heavy atom. The van der Waals surface area contributed by atoms with Gasteiger partial charge in [-0.15, -0.1) is 0 Å². The van der Waals surface area contributed by atoms with Crippen LogP contribution in [0.2, 0.25) is 0 Å². The maximum Gasteiger partial charge on any atom is 0.289 e. The van der Waals surface area contributed by atoms with Crippen LogP contribution >= 0.6 is 0 Å². The van der Waals surface area contributed by atoms with E-state index < -0.39 is 0 Å². The molecule has 1 aliphatic heterocycles. The zero-order valence-corrected chi connectivity index (χ0v) is 13.5. The predicted molar refractivity (Wildman–Crippen MR) is 89.3 cm³/mol. The van der Waals surface area contributed by atoms with Gasteiger partial charge in [-0.25, -0.2) is 0 Å². The quantitative estimate of drug-likeness (QED) is 0.915. The molecule has 0 aliphatic carbocycles. The van der Waals surface area contributed by atoms with Gasteiger partial charge in [0.05, 0.1) is 0 Å². The van der Waals surface area contributed by atoms with Gasteiger partial charge in [0, 0.05) is 37.7 Å². The molecule has 3 rings (SSSR count).